The van der Waals surface area contributed by atoms with Gasteiger partial charge in [-0.1, -0.05) is 17.7 Å². The number of benzene rings is 1. The number of hydrogen-bond donors (Lipinski definition) is 1. The van der Waals surface area contributed by atoms with E-state index in [-0.39, 0.29) is 22.3 Å². The highest BCUT2D eigenvalue weighted by Gasteiger charge is 2.20. The Labute approximate surface area is 205 Å². The van der Waals surface area contributed by atoms with E-state index in [4.69, 9.17) is 16.0 Å². The molecular weight excluding hydrogens is 464 g/mol. The van der Waals surface area contributed by atoms with Crippen molar-refractivity contribution >= 4 is 39.3 Å². The molecule has 0 bridgehead atoms. The zero-order valence-electron chi connectivity index (χ0n) is 19.5. The molecule has 0 radical (unpaired) electrons. The summed E-state index contributed by atoms with van der Waals surface area (Å²) >= 11 is 5.94. The summed E-state index contributed by atoms with van der Waals surface area (Å²) in [6, 6.07) is 12.5. The second kappa shape index (κ2) is 8.53. The topological polar surface area (TPSA) is 110 Å². The smallest absolute Gasteiger partial charge is 0.196 e. The van der Waals surface area contributed by atoms with Crippen LogP contribution >= 0.6 is 11.6 Å². The number of aryl methyl sites for hydroxylation is 2. The Kier molecular flexibility index (Phi) is 5.50. The SMILES string of the molecule is Cc1cc(C(C)Nc2ccc(Cl)nc2C#N)c2oc(-c3ccc4nn(C)cc4n3)c(C)c(=O)c2c1. The molecule has 35 heavy (non-hydrogen) atoms. The first-order chi connectivity index (χ1) is 16.7. The molecule has 9 heteroatoms. The predicted molar refractivity (Wildman–Crippen MR) is 135 cm³/mol. The normalized spacial score (nSPS) is 12.1. The number of fused-ring (bicyclic) bond motifs is 2. The van der Waals surface area contributed by atoms with Crippen molar-refractivity contribution in [3.8, 4) is 17.5 Å². The summed E-state index contributed by atoms with van der Waals surface area (Å²) in [7, 11) is 1.83. The molecular formula is C26H21ClN6O2. The van der Waals surface area contributed by atoms with E-state index >= 15 is 0 Å². The van der Waals surface area contributed by atoms with E-state index in [2.05, 4.69) is 26.5 Å². The molecule has 8 nitrogen and oxygen atoms in total. The summed E-state index contributed by atoms with van der Waals surface area (Å²) in [6.07, 6.45) is 1.82. The van der Waals surface area contributed by atoms with Crippen LogP contribution in [0.3, 0.4) is 0 Å². The Balaban J connectivity index is 1.68. The fourth-order valence-corrected chi connectivity index (χ4v) is 4.38. The number of anilines is 1. The molecule has 5 aromatic rings. The zero-order chi connectivity index (χ0) is 24.9. The minimum atomic E-state index is -0.306. The molecule has 0 fully saturated rings. The summed E-state index contributed by atoms with van der Waals surface area (Å²) < 4.78 is 8.10. The Morgan fingerprint density at radius 3 is 2.71 bits per heavy atom. The third kappa shape index (κ3) is 4.00. The van der Waals surface area contributed by atoms with Crippen molar-refractivity contribution in [2.45, 2.75) is 26.8 Å². The first-order valence-corrected chi connectivity index (χ1v) is 11.3. The highest BCUT2D eigenvalue weighted by atomic mass is 35.5. The van der Waals surface area contributed by atoms with Gasteiger partial charge in [0.15, 0.2) is 16.9 Å². The standard InChI is InChI=1S/C26H21ClN6O2/c1-13-9-16(15(3)29-18-7-8-23(27)31-21(18)11-28)26-17(10-13)24(34)14(2)25(35-26)20-6-5-19-22(30-20)12-33(4)32-19/h5-10,12,15,29H,1-4H3. The highest BCUT2D eigenvalue weighted by molar-refractivity contribution is 6.29. The molecule has 0 aliphatic heterocycles. The van der Waals surface area contributed by atoms with Crippen molar-refractivity contribution < 1.29 is 4.42 Å². The molecule has 0 aliphatic rings. The van der Waals surface area contributed by atoms with Gasteiger partial charge in [-0.05, 0) is 56.7 Å². The van der Waals surface area contributed by atoms with Crippen LogP contribution in [0.25, 0.3) is 33.5 Å². The molecule has 0 spiro atoms. The quantitative estimate of drug-likeness (QED) is 0.337. The number of nitriles is 1. The van der Waals surface area contributed by atoms with E-state index in [1.54, 1.807) is 29.8 Å². The summed E-state index contributed by atoms with van der Waals surface area (Å²) in [5.74, 6) is 0.413. The van der Waals surface area contributed by atoms with Gasteiger partial charge in [0.1, 0.15) is 33.5 Å². The summed E-state index contributed by atoms with van der Waals surface area (Å²) in [5, 5.41) is 17.9. The van der Waals surface area contributed by atoms with Crippen LogP contribution in [0.5, 0.6) is 0 Å². The van der Waals surface area contributed by atoms with Crippen LogP contribution in [0, 0.1) is 25.2 Å². The monoisotopic (exact) mass is 484 g/mol. The van der Waals surface area contributed by atoms with E-state index in [9.17, 15) is 10.1 Å². The number of rotatable bonds is 4. The Morgan fingerprint density at radius 1 is 1.14 bits per heavy atom. The van der Waals surface area contributed by atoms with Crippen molar-refractivity contribution in [2.75, 3.05) is 5.32 Å². The van der Waals surface area contributed by atoms with Crippen molar-refractivity contribution in [1.29, 1.82) is 5.26 Å². The zero-order valence-corrected chi connectivity index (χ0v) is 20.3. The third-order valence-corrected chi connectivity index (χ3v) is 6.12. The summed E-state index contributed by atoms with van der Waals surface area (Å²) in [5.41, 5.74) is 5.30. The van der Waals surface area contributed by atoms with Crippen molar-refractivity contribution in [3.63, 3.8) is 0 Å². The van der Waals surface area contributed by atoms with E-state index in [1.807, 2.05) is 45.3 Å². The number of nitrogens with zero attached hydrogens (tertiary/aromatic N) is 5. The molecule has 0 aliphatic carbocycles. The predicted octanol–water partition coefficient (Wildman–Crippen LogP) is 5.45. The summed E-state index contributed by atoms with van der Waals surface area (Å²) in [6.45, 7) is 5.61. The van der Waals surface area contributed by atoms with Gasteiger partial charge in [0, 0.05) is 18.2 Å². The maximum Gasteiger partial charge on any atom is 0.196 e. The van der Waals surface area contributed by atoms with Gasteiger partial charge in [0.25, 0.3) is 0 Å². The fraction of sp³-hybridized carbons (Fsp3) is 0.192. The first-order valence-electron chi connectivity index (χ1n) is 11.0. The lowest BCUT2D eigenvalue weighted by Crippen LogP contribution is -2.13. The average Bonchev–Trinajstić information content (AvgIpc) is 3.21. The van der Waals surface area contributed by atoms with Gasteiger partial charge in [-0.2, -0.15) is 10.4 Å². The van der Waals surface area contributed by atoms with E-state index in [0.29, 0.717) is 39.2 Å². The number of nitrogens with one attached hydrogen (secondary N) is 1. The minimum Gasteiger partial charge on any atom is -0.454 e. The lowest BCUT2D eigenvalue weighted by atomic mass is 9.99. The van der Waals surface area contributed by atoms with Crippen LogP contribution < -0.4 is 10.7 Å². The van der Waals surface area contributed by atoms with Crippen LogP contribution in [0.2, 0.25) is 5.15 Å². The van der Waals surface area contributed by atoms with Crippen LogP contribution in [0.4, 0.5) is 5.69 Å². The minimum absolute atomic E-state index is 0.114. The van der Waals surface area contributed by atoms with Gasteiger partial charge < -0.3 is 9.73 Å². The van der Waals surface area contributed by atoms with E-state index in [0.717, 1.165) is 16.6 Å². The number of halogens is 1. The number of pyridine rings is 2. The van der Waals surface area contributed by atoms with Crippen LogP contribution in [-0.2, 0) is 7.05 Å². The maximum absolute atomic E-state index is 13.4. The molecule has 4 heterocycles. The Hall–Kier alpha value is -4.22. The lowest BCUT2D eigenvalue weighted by Gasteiger charge is -2.19. The third-order valence-electron chi connectivity index (χ3n) is 5.91. The average molecular weight is 485 g/mol. The van der Waals surface area contributed by atoms with Gasteiger partial charge in [0.2, 0.25) is 0 Å². The number of aromatic nitrogens is 4. The van der Waals surface area contributed by atoms with Crippen LogP contribution in [0.1, 0.15) is 35.3 Å². The Morgan fingerprint density at radius 2 is 1.94 bits per heavy atom. The van der Waals surface area contributed by atoms with Crippen LogP contribution in [0.15, 0.2) is 51.8 Å². The second-order valence-electron chi connectivity index (χ2n) is 8.53. The van der Waals surface area contributed by atoms with E-state index < -0.39 is 0 Å². The largest absolute Gasteiger partial charge is 0.454 e. The van der Waals surface area contributed by atoms with E-state index in [1.165, 1.54) is 0 Å². The molecule has 174 valence electrons. The molecule has 0 saturated carbocycles. The molecule has 1 aromatic carbocycles. The van der Waals surface area contributed by atoms with Crippen LogP contribution in [-0.4, -0.2) is 19.7 Å². The molecule has 4 aromatic heterocycles. The van der Waals surface area contributed by atoms with Gasteiger partial charge in [0.05, 0.1) is 23.3 Å². The van der Waals surface area contributed by atoms with Gasteiger partial charge in [-0.3, -0.25) is 9.48 Å². The van der Waals surface area contributed by atoms with Crippen molar-refractivity contribution in [1.82, 2.24) is 19.7 Å². The first kappa shape index (κ1) is 22.6. The fourth-order valence-electron chi connectivity index (χ4n) is 4.23. The molecule has 0 saturated heterocycles. The van der Waals surface area contributed by atoms with Gasteiger partial charge >= 0.3 is 0 Å². The summed E-state index contributed by atoms with van der Waals surface area (Å²) in [4.78, 5) is 22.2. The molecule has 0 amide bonds. The molecule has 1 N–H and O–H groups in total. The van der Waals surface area contributed by atoms with Crippen molar-refractivity contribution in [3.05, 3.63) is 80.4 Å². The molecule has 1 atom stereocenters. The molecule has 5 rings (SSSR count). The molecule has 1 unspecified atom stereocenters. The maximum atomic E-state index is 13.4. The number of hydrogen-bond acceptors (Lipinski definition) is 7. The Bertz CT molecular complexity index is 1730. The highest BCUT2D eigenvalue weighted by Crippen LogP contribution is 2.32. The van der Waals surface area contributed by atoms with Gasteiger partial charge in [-0.15, -0.1) is 0 Å². The second-order valence-corrected chi connectivity index (χ2v) is 8.91. The van der Waals surface area contributed by atoms with Crippen molar-refractivity contribution in [2.24, 2.45) is 7.05 Å². The lowest BCUT2D eigenvalue weighted by molar-refractivity contribution is 0.603. The van der Waals surface area contributed by atoms with Gasteiger partial charge in [-0.25, -0.2) is 9.97 Å².